The Kier molecular flexibility index (Phi) is 5.37. The summed E-state index contributed by atoms with van der Waals surface area (Å²) in [5.41, 5.74) is 0.461. The number of nitrogens with one attached hydrogen (secondary N) is 1. The monoisotopic (exact) mass is 289 g/mol. The molecule has 3 atom stereocenters. The van der Waals surface area contributed by atoms with Gasteiger partial charge in [0.05, 0.1) is 5.56 Å². The summed E-state index contributed by atoms with van der Waals surface area (Å²) in [6.45, 7) is 3.77. The Morgan fingerprint density at radius 1 is 1.19 bits per heavy atom. The molecule has 1 aromatic rings. The second-order valence-electron chi connectivity index (χ2n) is 5.79. The number of rotatable bonds is 4. The highest BCUT2D eigenvalue weighted by atomic mass is 16.5. The molecule has 0 heterocycles. The SMILES string of the molecule is C[C@@H](OC(=O)c1ccccc1)C(=O)N[C@@H]1CCCC[C@@H]1C. The second-order valence-corrected chi connectivity index (χ2v) is 5.79. The van der Waals surface area contributed by atoms with Crippen molar-refractivity contribution in [2.24, 2.45) is 5.92 Å². The molecular formula is C17H23NO3. The van der Waals surface area contributed by atoms with Crippen molar-refractivity contribution in [1.29, 1.82) is 0 Å². The number of ether oxygens (including phenoxy) is 1. The van der Waals surface area contributed by atoms with Crippen molar-refractivity contribution in [1.82, 2.24) is 5.32 Å². The van der Waals surface area contributed by atoms with Crippen LogP contribution < -0.4 is 5.32 Å². The maximum atomic E-state index is 12.1. The molecule has 0 radical (unpaired) electrons. The number of amides is 1. The molecule has 4 nitrogen and oxygen atoms in total. The van der Waals surface area contributed by atoms with Gasteiger partial charge in [0, 0.05) is 6.04 Å². The molecule has 1 amide bonds. The molecule has 4 heteroatoms. The molecule has 0 unspecified atom stereocenters. The van der Waals surface area contributed by atoms with E-state index < -0.39 is 12.1 Å². The zero-order valence-electron chi connectivity index (χ0n) is 12.7. The van der Waals surface area contributed by atoms with E-state index in [0.29, 0.717) is 11.5 Å². The van der Waals surface area contributed by atoms with Gasteiger partial charge in [-0.3, -0.25) is 4.79 Å². The van der Waals surface area contributed by atoms with Crippen molar-refractivity contribution in [3.8, 4) is 0 Å². The van der Waals surface area contributed by atoms with E-state index in [2.05, 4.69) is 12.2 Å². The Morgan fingerprint density at radius 3 is 2.52 bits per heavy atom. The van der Waals surface area contributed by atoms with Crippen LogP contribution in [0.3, 0.4) is 0 Å². The first-order chi connectivity index (χ1) is 10.1. The number of hydrogen-bond acceptors (Lipinski definition) is 3. The quantitative estimate of drug-likeness (QED) is 0.867. The summed E-state index contributed by atoms with van der Waals surface area (Å²) in [5.74, 6) is -0.187. The van der Waals surface area contributed by atoms with Crippen LogP contribution in [0.4, 0.5) is 0 Å². The van der Waals surface area contributed by atoms with E-state index in [9.17, 15) is 9.59 Å². The van der Waals surface area contributed by atoms with Crippen LogP contribution in [0.15, 0.2) is 30.3 Å². The molecule has 0 aromatic heterocycles. The second kappa shape index (κ2) is 7.25. The minimum atomic E-state index is -0.771. The van der Waals surface area contributed by atoms with Crippen LogP contribution in [0.1, 0.15) is 49.9 Å². The van der Waals surface area contributed by atoms with E-state index in [-0.39, 0.29) is 11.9 Å². The van der Waals surface area contributed by atoms with Crippen molar-refractivity contribution in [2.75, 3.05) is 0 Å². The zero-order valence-corrected chi connectivity index (χ0v) is 12.7. The molecule has 21 heavy (non-hydrogen) atoms. The number of esters is 1. The van der Waals surface area contributed by atoms with Crippen LogP contribution in [0.25, 0.3) is 0 Å². The molecule has 0 saturated heterocycles. The van der Waals surface area contributed by atoms with E-state index in [1.54, 1.807) is 31.2 Å². The van der Waals surface area contributed by atoms with Gasteiger partial charge in [0.25, 0.3) is 5.91 Å². The number of carbonyl (C=O) groups is 2. The van der Waals surface area contributed by atoms with Gasteiger partial charge in [0.2, 0.25) is 0 Å². The Labute approximate surface area is 125 Å². The lowest BCUT2D eigenvalue weighted by Gasteiger charge is -2.30. The lowest BCUT2D eigenvalue weighted by molar-refractivity contribution is -0.130. The molecule has 1 fully saturated rings. The van der Waals surface area contributed by atoms with Crippen molar-refractivity contribution in [2.45, 2.75) is 51.7 Å². The summed E-state index contributed by atoms with van der Waals surface area (Å²) in [7, 11) is 0. The lowest BCUT2D eigenvalue weighted by Crippen LogP contribution is -2.45. The highest BCUT2D eigenvalue weighted by Crippen LogP contribution is 2.23. The number of carbonyl (C=O) groups excluding carboxylic acids is 2. The van der Waals surface area contributed by atoms with Gasteiger partial charge >= 0.3 is 5.97 Å². The Hall–Kier alpha value is -1.84. The molecule has 1 N–H and O–H groups in total. The molecule has 0 spiro atoms. The molecule has 1 aromatic carbocycles. The molecule has 2 rings (SSSR count). The maximum Gasteiger partial charge on any atom is 0.338 e. The van der Waals surface area contributed by atoms with Crippen LogP contribution in [0, 0.1) is 5.92 Å². The van der Waals surface area contributed by atoms with Gasteiger partial charge in [-0.1, -0.05) is 38.0 Å². The maximum absolute atomic E-state index is 12.1. The lowest BCUT2D eigenvalue weighted by atomic mass is 9.86. The molecular weight excluding hydrogens is 266 g/mol. The zero-order chi connectivity index (χ0) is 15.2. The van der Waals surface area contributed by atoms with Gasteiger partial charge in [-0.05, 0) is 37.8 Å². The van der Waals surface area contributed by atoms with E-state index >= 15 is 0 Å². The van der Waals surface area contributed by atoms with Crippen molar-refractivity contribution >= 4 is 11.9 Å². The summed E-state index contributed by atoms with van der Waals surface area (Å²) >= 11 is 0. The van der Waals surface area contributed by atoms with Crippen molar-refractivity contribution < 1.29 is 14.3 Å². The normalized spacial score (nSPS) is 23.1. The van der Waals surface area contributed by atoms with Gasteiger partial charge < -0.3 is 10.1 Å². The Morgan fingerprint density at radius 2 is 1.86 bits per heavy atom. The third kappa shape index (κ3) is 4.31. The van der Waals surface area contributed by atoms with Crippen LogP contribution in [0.2, 0.25) is 0 Å². The topological polar surface area (TPSA) is 55.4 Å². The fourth-order valence-corrected chi connectivity index (χ4v) is 2.69. The van der Waals surface area contributed by atoms with E-state index in [1.165, 1.54) is 6.42 Å². The van der Waals surface area contributed by atoms with Gasteiger partial charge in [0.15, 0.2) is 6.10 Å². The summed E-state index contributed by atoms with van der Waals surface area (Å²) in [6.07, 6.45) is 3.75. The standard InChI is InChI=1S/C17H23NO3/c1-12-8-6-7-11-15(12)18-16(19)13(2)21-17(20)14-9-4-3-5-10-14/h3-5,9-10,12-13,15H,6-8,11H2,1-2H3,(H,18,19)/t12-,13+,15+/m0/s1. The molecule has 114 valence electrons. The van der Waals surface area contributed by atoms with Crippen molar-refractivity contribution in [3.63, 3.8) is 0 Å². The van der Waals surface area contributed by atoms with Crippen LogP contribution in [-0.4, -0.2) is 24.0 Å². The Bertz CT molecular complexity index is 486. The summed E-state index contributed by atoms with van der Waals surface area (Å²) < 4.78 is 5.22. The number of benzene rings is 1. The highest BCUT2D eigenvalue weighted by Gasteiger charge is 2.26. The smallest absolute Gasteiger partial charge is 0.338 e. The van der Waals surface area contributed by atoms with Gasteiger partial charge in [-0.2, -0.15) is 0 Å². The first kappa shape index (κ1) is 15.5. The summed E-state index contributed by atoms with van der Waals surface area (Å²) in [4.78, 5) is 24.0. The molecule has 0 bridgehead atoms. The van der Waals surface area contributed by atoms with Crippen LogP contribution in [0.5, 0.6) is 0 Å². The van der Waals surface area contributed by atoms with Gasteiger partial charge in [-0.25, -0.2) is 4.79 Å². The first-order valence-corrected chi connectivity index (χ1v) is 7.64. The third-order valence-electron chi connectivity index (χ3n) is 4.10. The predicted octanol–water partition coefficient (Wildman–Crippen LogP) is 2.93. The first-order valence-electron chi connectivity index (χ1n) is 7.64. The summed E-state index contributed by atoms with van der Waals surface area (Å²) in [5, 5.41) is 3.01. The van der Waals surface area contributed by atoms with Crippen molar-refractivity contribution in [3.05, 3.63) is 35.9 Å². The predicted molar refractivity (Wildman–Crippen MR) is 80.9 cm³/mol. The third-order valence-corrected chi connectivity index (χ3v) is 4.10. The van der Waals surface area contributed by atoms with Crippen LogP contribution in [-0.2, 0) is 9.53 Å². The molecule has 0 aliphatic heterocycles. The van der Waals surface area contributed by atoms with Crippen LogP contribution >= 0.6 is 0 Å². The Balaban J connectivity index is 1.86. The highest BCUT2D eigenvalue weighted by molar-refractivity contribution is 5.92. The minimum absolute atomic E-state index is 0.198. The fraction of sp³-hybridized carbons (Fsp3) is 0.529. The molecule has 1 aliphatic rings. The van der Waals surface area contributed by atoms with Gasteiger partial charge in [-0.15, -0.1) is 0 Å². The van der Waals surface area contributed by atoms with Gasteiger partial charge in [0.1, 0.15) is 0 Å². The van der Waals surface area contributed by atoms with E-state index in [1.807, 2.05) is 6.07 Å². The minimum Gasteiger partial charge on any atom is -0.449 e. The molecule has 1 aliphatic carbocycles. The summed E-state index contributed by atoms with van der Waals surface area (Å²) in [6, 6.07) is 8.92. The largest absolute Gasteiger partial charge is 0.449 e. The number of hydrogen-bond donors (Lipinski definition) is 1. The van der Waals surface area contributed by atoms with E-state index in [0.717, 1.165) is 19.3 Å². The molecule has 1 saturated carbocycles. The van der Waals surface area contributed by atoms with E-state index in [4.69, 9.17) is 4.74 Å². The average molecular weight is 289 g/mol. The average Bonchev–Trinajstić information content (AvgIpc) is 2.50. The fourth-order valence-electron chi connectivity index (χ4n) is 2.69.